The lowest BCUT2D eigenvalue weighted by molar-refractivity contribution is 0.0953. The average molecular weight is 339 g/mol. The number of piperidine rings is 1. The first-order valence-corrected chi connectivity index (χ1v) is 9.47. The molecule has 2 aromatic rings. The second-order valence-corrected chi connectivity index (χ2v) is 7.68. The maximum Gasteiger partial charge on any atom is 0.252 e. The Hall–Kier alpha value is -2.10. The van der Waals surface area contributed by atoms with E-state index >= 15 is 0 Å². The molecule has 1 fully saturated rings. The van der Waals surface area contributed by atoms with Crippen molar-refractivity contribution in [2.45, 2.75) is 40.0 Å². The number of carbonyl (C=O) groups excluding carboxylic acids is 1. The van der Waals surface area contributed by atoms with Crippen LogP contribution in [0.4, 0.5) is 5.82 Å². The fourth-order valence-electron chi connectivity index (χ4n) is 3.48. The molecule has 1 N–H and O–H groups in total. The number of aromatic nitrogens is 1. The second-order valence-electron chi connectivity index (χ2n) is 7.68. The number of carbonyl (C=O) groups is 1. The van der Waals surface area contributed by atoms with Gasteiger partial charge in [0.1, 0.15) is 5.82 Å². The summed E-state index contributed by atoms with van der Waals surface area (Å²) >= 11 is 0. The van der Waals surface area contributed by atoms with Crippen molar-refractivity contribution in [3.63, 3.8) is 0 Å². The van der Waals surface area contributed by atoms with Gasteiger partial charge >= 0.3 is 0 Å². The van der Waals surface area contributed by atoms with E-state index in [9.17, 15) is 4.79 Å². The number of pyridine rings is 1. The highest BCUT2D eigenvalue weighted by atomic mass is 16.1. The first-order valence-electron chi connectivity index (χ1n) is 9.47. The topological polar surface area (TPSA) is 45.2 Å². The standard InChI is InChI=1S/C21H29N3O/c1-15(2)10-11-22-21(25)18-13-20(24-12-6-7-16(3)14-24)23-19-9-5-4-8-17(18)19/h4-5,8-9,13,15-16H,6-7,10-12,14H2,1-3H3,(H,22,25). The van der Waals surface area contributed by atoms with Crippen LogP contribution in [0.3, 0.4) is 0 Å². The normalized spacial score (nSPS) is 17.9. The van der Waals surface area contributed by atoms with Gasteiger partial charge in [-0.2, -0.15) is 0 Å². The highest BCUT2D eigenvalue weighted by Crippen LogP contribution is 2.26. The first kappa shape index (κ1) is 17.7. The second kappa shape index (κ2) is 7.85. The maximum absolute atomic E-state index is 12.8. The van der Waals surface area contributed by atoms with Crippen molar-refractivity contribution >= 4 is 22.6 Å². The van der Waals surface area contributed by atoms with Crippen molar-refractivity contribution in [2.24, 2.45) is 11.8 Å². The number of rotatable bonds is 5. The van der Waals surface area contributed by atoms with Gasteiger partial charge in [0.05, 0.1) is 11.1 Å². The van der Waals surface area contributed by atoms with Crippen LogP contribution in [-0.2, 0) is 0 Å². The molecule has 1 saturated heterocycles. The molecule has 4 nitrogen and oxygen atoms in total. The van der Waals surface area contributed by atoms with E-state index in [1.165, 1.54) is 12.8 Å². The van der Waals surface area contributed by atoms with Crippen LogP contribution in [0.15, 0.2) is 30.3 Å². The van der Waals surface area contributed by atoms with E-state index in [1.807, 2.05) is 30.3 Å². The van der Waals surface area contributed by atoms with Gasteiger partial charge in [-0.15, -0.1) is 0 Å². The van der Waals surface area contributed by atoms with Gasteiger partial charge in [-0.05, 0) is 43.2 Å². The van der Waals surface area contributed by atoms with Crippen molar-refractivity contribution in [1.29, 1.82) is 0 Å². The van der Waals surface area contributed by atoms with Crippen LogP contribution in [0, 0.1) is 11.8 Å². The Morgan fingerprint density at radius 2 is 2.16 bits per heavy atom. The summed E-state index contributed by atoms with van der Waals surface area (Å²) in [7, 11) is 0. The molecular weight excluding hydrogens is 310 g/mol. The Bertz CT molecular complexity index is 741. The lowest BCUT2D eigenvalue weighted by Crippen LogP contribution is -2.35. The van der Waals surface area contributed by atoms with Gasteiger partial charge < -0.3 is 10.2 Å². The van der Waals surface area contributed by atoms with E-state index in [-0.39, 0.29) is 5.91 Å². The average Bonchev–Trinajstić information content (AvgIpc) is 2.60. The molecule has 2 heterocycles. The summed E-state index contributed by atoms with van der Waals surface area (Å²) in [6, 6.07) is 9.92. The molecule has 1 unspecified atom stereocenters. The summed E-state index contributed by atoms with van der Waals surface area (Å²) < 4.78 is 0. The highest BCUT2D eigenvalue weighted by molar-refractivity contribution is 6.07. The fraction of sp³-hybridized carbons (Fsp3) is 0.524. The summed E-state index contributed by atoms with van der Waals surface area (Å²) in [5.41, 5.74) is 1.63. The number of amides is 1. The van der Waals surface area contributed by atoms with Crippen LogP contribution in [-0.4, -0.2) is 30.5 Å². The van der Waals surface area contributed by atoms with Gasteiger partial charge in [-0.25, -0.2) is 4.98 Å². The smallest absolute Gasteiger partial charge is 0.252 e. The van der Waals surface area contributed by atoms with E-state index in [0.29, 0.717) is 18.4 Å². The number of nitrogens with one attached hydrogen (secondary N) is 1. The summed E-state index contributed by atoms with van der Waals surface area (Å²) in [5.74, 6) is 2.19. The Balaban J connectivity index is 1.91. The monoisotopic (exact) mass is 339 g/mol. The number of hydrogen-bond acceptors (Lipinski definition) is 3. The van der Waals surface area contributed by atoms with E-state index in [2.05, 4.69) is 31.0 Å². The zero-order valence-corrected chi connectivity index (χ0v) is 15.6. The zero-order valence-electron chi connectivity index (χ0n) is 15.6. The maximum atomic E-state index is 12.8. The molecule has 134 valence electrons. The van der Waals surface area contributed by atoms with Crippen molar-refractivity contribution in [3.05, 3.63) is 35.9 Å². The number of anilines is 1. The Kier molecular flexibility index (Phi) is 5.57. The first-order chi connectivity index (χ1) is 12.0. The molecule has 1 aliphatic heterocycles. The summed E-state index contributed by atoms with van der Waals surface area (Å²) in [5, 5.41) is 4.01. The van der Waals surface area contributed by atoms with Crippen LogP contribution in [0.25, 0.3) is 10.9 Å². The van der Waals surface area contributed by atoms with Crippen LogP contribution in [0.2, 0.25) is 0 Å². The van der Waals surface area contributed by atoms with Crippen LogP contribution in [0.5, 0.6) is 0 Å². The molecule has 0 radical (unpaired) electrons. The van der Waals surface area contributed by atoms with Gasteiger partial charge in [-0.3, -0.25) is 4.79 Å². The fourth-order valence-corrected chi connectivity index (χ4v) is 3.48. The Labute approximate surface area is 150 Å². The molecule has 0 aliphatic carbocycles. The highest BCUT2D eigenvalue weighted by Gasteiger charge is 2.20. The van der Waals surface area contributed by atoms with Gasteiger partial charge in [0.15, 0.2) is 0 Å². The number of hydrogen-bond donors (Lipinski definition) is 1. The van der Waals surface area contributed by atoms with Crippen LogP contribution < -0.4 is 10.2 Å². The van der Waals surface area contributed by atoms with Gasteiger partial charge in [0, 0.05) is 25.0 Å². The minimum absolute atomic E-state index is 0.00515. The Morgan fingerprint density at radius 1 is 1.36 bits per heavy atom. The molecule has 4 heteroatoms. The molecule has 3 rings (SSSR count). The summed E-state index contributed by atoms with van der Waals surface area (Å²) in [6.45, 7) is 9.37. The van der Waals surface area contributed by atoms with Crippen LogP contribution in [0.1, 0.15) is 50.4 Å². The van der Waals surface area contributed by atoms with E-state index < -0.39 is 0 Å². The zero-order chi connectivity index (χ0) is 17.8. The largest absolute Gasteiger partial charge is 0.356 e. The third kappa shape index (κ3) is 4.30. The van der Waals surface area contributed by atoms with Crippen molar-refractivity contribution in [1.82, 2.24) is 10.3 Å². The minimum Gasteiger partial charge on any atom is -0.356 e. The van der Waals surface area contributed by atoms with Crippen molar-refractivity contribution in [3.8, 4) is 0 Å². The molecule has 1 aromatic carbocycles. The number of benzene rings is 1. The third-order valence-electron chi connectivity index (χ3n) is 4.94. The SMILES string of the molecule is CC(C)CCNC(=O)c1cc(N2CCCC(C)C2)nc2ccccc12. The quantitative estimate of drug-likeness (QED) is 0.886. The number of fused-ring (bicyclic) bond motifs is 1. The lowest BCUT2D eigenvalue weighted by Gasteiger charge is -2.32. The third-order valence-corrected chi connectivity index (χ3v) is 4.94. The predicted molar refractivity (Wildman–Crippen MR) is 104 cm³/mol. The lowest BCUT2D eigenvalue weighted by atomic mass is 10.00. The van der Waals surface area contributed by atoms with E-state index in [0.717, 1.165) is 41.8 Å². The molecule has 0 saturated carbocycles. The number of nitrogens with zero attached hydrogens (tertiary/aromatic N) is 2. The van der Waals surface area contributed by atoms with Crippen LogP contribution >= 0.6 is 0 Å². The van der Waals surface area contributed by atoms with Crippen molar-refractivity contribution < 1.29 is 4.79 Å². The molecule has 1 aromatic heterocycles. The molecule has 0 bridgehead atoms. The minimum atomic E-state index is 0.00515. The Morgan fingerprint density at radius 3 is 2.92 bits per heavy atom. The summed E-state index contributed by atoms with van der Waals surface area (Å²) in [6.07, 6.45) is 3.45. The summed E-state index contributed by atoms with van der Waals surface area (Å²) in [4.78, 5) is 19.9. The molecule has 0 spiro atoms. The number of para-hydroxylation sites is 1. The van der Waals surface area contributed by atoms with Gasteiger partial charge in [0.25, 0.3) is 5.91 Å². The van der Waals surface area contributed by atoms with Gasteiger partial charge in [-0.1, -0.05) is 39.0 Å². The predicted octanol–water partition coefficient (Wildman–Crippen LogP) is 4.25. The van der Waals surface area contributed by atoms with E-state index in [1.54, 1.807) is 0 Å². The molecule has 25 heavy (non-hydrogen) atoms. The molecular formula is C21H29N3O. The molecule has 1 atom stereocenters. The van der Waals surface area contributed by atoms with Crippen molar-refractivity contribution in [2.75, 3.05) is 24.5 Å². The van der Waals surface area contributed by atoms with E-state index in [4.69, 9.17) is 4.98 Å². The molecule has 1 aliphatic rings. The van der Waals surface area contributed by atoms with Gasteiger partial charge in [0.2, 0.25) is 0 Å². The molecule has 1 amide bonds.